The van der Waals surface area contributed by atoms with Gasteiger partial charge in [0, 0.05) is 22.3 Å². The monoisotopic (exact) mass is 616 g/mol. The van der Waals surface area contributed by atoms with Gasteiger partial charge >= 0.3 is 26.2 Å². The van der Waals surface area contributed by atoms with Gasteiger partial charge in [-0.2, -0.15) is 36.4 Å². The van der Waals surface area contributed by atoms with Gasteiger partial charge in [0.2, 0.25) is 0 Å². The van der Waals surface area contributed by atoms with Crippen LogP contribution in [0.3, 0.4) is 0 Å². The molecule has 6 aromatic rings. The molecule has 4 nitrogen and oxygen atoms in total. The van der Waals surface area contributed by atoms with Crippen LogP contribution in [0, 0.1) is 0 Å². The van der Waals surface area contributed by atoms with Crippen LogP contribution in [0.4, 0.5) is 0 Å². The van der Waals surface area contributed by atoms with Crippen molar-refractivity contribution < 1.29 is 46.0 Å². The summed E-state index contributed by atoms with van der Waals surface area (Å²) in [6, 6.07) is 50.6. The molecule has 41 heavy (non-hydrogen) atoms. The van der Waals surface area contributed by atoms with Crippen molar-refractivity contribution in [1.82, 2.24) is 0 Å². The first-order chi connectivity index (χ1) is 19.5. The first-order valence-electron chi connectivity index (χ1n) is 12.7. The van der Waals surface area contributed by atoms with Crippen LogP contribution in [-0.4, -0.2) is 21.8 Å². The Morgan fingerprint density at radius 3 is 0.902 bits per heavy atom. The van der Waals surface area contributed by atoms with E-state index in [1.54, 1.807) is 48.5 Å². The zero-order valence-corrected chi connectivity index (χ0v) is 24.8. The van der Waals surface area contributed by atoms with Crippen molar-refractivity contribution >= 4 is 11.6 Å². The minimum atomic E-state index is -0.0319. The van der Waals surface area contributed by atoms with E-state index in [9.17, 15) is 9.59 Å². The molecule has 0 fully saturated rings. The Morgan fingerprint density at radius 1 is 0.390 bits per heavy atom. The molecule has 0 amide bonds. The third-order valence-corrected chi connectivity index (χ3v) is 5.44. The Morgan fingerprint density at radius 2 is 0.659 bits per heavy atom. The van der Waals surface area contributed by atoms with Crippen molar-refractivity contribution in [3.05, 3.63) is 192 Å². The summed E-state index contributed by atoms with van der Waals surface area (Å²) >= 11 is 0. The van der Waals surface area contributed by atoms with Crippen LogP contribution in [0.25, 0.3) is 0 Å². The van der Waals surface area contributed by atoms with Gasteiger partial charge < -0.3 is 10.2 Å². The maximum atomic E-state index is 11.9. The van der Waals surface area contributed by atoms with Gasteiger partial charge in [0.05, 0.1) is 0 Å². The molecule has 5 heteroatoms. The SMILES string of the molecule is O=C(c1ccccc1)c1ccc(O)cc1.O=C(c1ccccc1)c1ccc(O)cc1.[Zr+2].c1cc[cH-]c1.c1cc[cH-]c1. The van der Waals surface area contributed by atoms with E-state index < -0.39 is 0 Å². The largest absolute Gasteiger partial charge is 2.00 e. The molecule has 0 aliphatic rings. The second kappa shape index (κ2) is 18.6. The maximum Gasteiger partial charge on any atom is 2.00 e. The first-order valence-corrected chi connectivity index (χ1v) is 12.7. The fourth-order valence-corrected chi connectivity index (χ4v) is 3.38. The number of ketones is 2. The smallest absolute Gasteiger partial charge is 0.508 e. The summed E-state index contributed by atoms with van der Waals surface area (Å²) in [5.41, 5.74) is 2.48. The van der Waals surface area contributed by atoms with E-state index in [4.69, 9.17) is 10.2 Å². The van der Waals surface area contributed by atoms with Crippen LogP contribution in [0.15, 0.2) is 170 Å². The van der Waals surface area contributed by atoms with E-state index in [0.717, 1.165) is 0 Å². The Hall–Kier alpha value is -4.60. The number of aromatic hydroxyl groups is 2. The van der Waals surface area contributed by atoms with Crippen molar-refractivity contribution in [2.24, 2.45) is 0 Å². The fourth-order valence-electron chi connectivity index (χ4n) is 3.38. The molecule has 0 aliphatic carbocycles. The molecule has 0 radical (unpaired) electrons. The van der Waals surface area contributed by atoms with Crippen LogP contribution in [-0.2, 0) is 26.2 Å². The van der Waals surface area contributed by atoms with E-state index in [1.807, 2.05) is 97.1 Å². The van der Waals surface area contributed by atoms with Gasteiger partial charge in [-0.1, -0.05) is 60.7 Å². The molecule has 202 valence electrons. The van der Waals surface area contributed by atoms with Crippen molar-refractivity contribution in [2.45, 2.75) is 0 Å². The number of phenols is 2. The zero-order valence-electron chi connectivity index (χ0n) is 22.4. The third-order valence-electron chi connectivity index (χ3n) is 5.44. The average Bonchev–Trinajstić information content (AvgIpc) is 3.79. The van der Waals surface area contributed by atoms with Crippen LogP contribution in [0.5, 0.6) is 11.5 Å². The predicted octanol–water partition coefficient (Wildman–Crippen LogP) is 8.05. The molecular weight excluding hydrogens is 588 g/mol. The Kier molecular flexibility index (Phi) is 14.8. The normalized spacial score (nSPS) is 9.17. The fraction of sp³-hybridized carbons (Fsp3) is 0. The summed E-state index contributed by atoms with van der Waals surface area (Å²) in [4.78, 5) is 23.8. The number of carbonyl (C=O) groups excluding carboxylic acids is 2. The minimum absolute atomic E-state index is 0. The standard InChI is InChI=1S/2C13H10O2.2C5H5.Zr/c2*14-12-8-6-11(7-9-12)13(15)10-4-2-1-3-5-10;2*1-2-4-5-3-1;/h2*1-9,14H;2*1-5H;/q;;2*-1;+2. The van der Waals surface area contributed by atoms with Crippen molar-refractivity contribution in [1.29, 1.82) is 0 Å². The average molecular weight is 618 g/mol. The summed E-state index contributed by atoms with van der Waals surface area (Å²) in [7, 11) is 0. The number of hydrogen-bond donors (Lipinski definition) is 2. The molecule has 0 unspecified atom stereocenters. The second-order valence-electron chi connectivity index (χ2n) is 8.41. The maximum absolute atomic E-state index is 11.9. The zero-order chi connectivity index (χ0) is 28.4. The van der Waals surface area contributed by atoms with Gasteiger partial charge in [0.25, 0.3) is 0 Å². The molecule has 0 saturated heterocycles. The van der Waals surface area contributed by atoms with Gasteiger partial charge in [-0.25, -0.2) is 24.3 Å². The molecule has 6 aromatic carbocycles. The van der Waals surface area contributed by atoms with Gasteiger partial charge in [-0.05, 0) is 48.5 Å². The molecule has 2 N–H and O–H groups in total. The van der Waals surface area contributed by atoms with Crippen LogP contribution in [0.2, 0.25) is 0 Å². The number of carbonyl (C=O) groups is 2. The van der Waals surface area contributed by atoms with Gasteiger partial charge in [0.15, 0.2) is 11.6 Å². The molecule has 0 aliphatic heterocycles. The third kappa shape index (κ3) is 12.0. The molecule has 0 spiro atoms. The first kappa shape index (κ1) is 32.6. The summed E-state index contributed by atoms with van der Waals surface area (Å²) in [5, 5.41) is 18.2. The Labute approximate surface area is 260 Å². The van der Waals surface area contributed by atoms with Crippen LogP contribution in [0.1, 0.15) is 31.8 Å². The van der Waals surface area contributed by atoms with Crippen molar-refractivity contribution in [2.75, 3.05) is 0 Å². The van der Waals surface area contributed by atoms with E-state index in [1.165, 1.54) is 24.3 Å². The summed E-state index contributed by atoms with van der Waals surface area (Å²) < 4.78 is 0. The molecule has 0 atom stereocenters. The van der Waals surface area contributed by atoms with Gasteiger partial charge in [-0.3, -0.25) is 9.59 Å². The molecule has 0 heterocycles. The van der Waals surface area contributed by atoms with E-state index in [-0.39, 0.29) is 49.3 Å². The number of benzene rings is 4. The van der Waals surface area contributed by atoms with Crippen LogP contribution < -0.4 is 0 Å². The number of rotatable bonds is 4. The molecule has 6 rings (SSSR count). The van der Waals surface area contributed by atoms with E-state index in [0.29, 0.717) is 22.3 Å². The summed E-state index contributed by atoms with van der Waals surface area (Å²) in [6.45, 7) is 0. The van der Waals surface area contributed by atoms with Crippen LogP contribution >= 0.6 is 0 Å². The quantitative estimate of drug-likeness (QED) is 0.155. The minimum Gasteiger partial charge on any atom is -0.508 e. The second-order valence-corrected chi connectivity index (χ2v) is 8.41. The summed E-state index contributed by atoms with van der Waals surface area (Å²) in [5.74, 6) is 0.269. The summed E-state index contributed by atoms with van der Waals surface area (Å²) in [6.07, 6.45) is 0. The van der Waals surface area contributed by atoms with E-state index in [2.05, 4.69) is 0 Å². The topological polar surface area (TPSA) is 74.6 Å². The van der Waals surface area contributed by atoms with E-state index >= 15 is 0 Å². The Bertz CT molecular complexity index is 1340. The predicted molar refractivity (Wildman–Crippen MR) is 160 cm³/mol. The van der Waals surface area contributed by atoms with Gasteiger partial charge in [-0.15, -0.1) is 0 Å². The molecule has 0 bridgehead atoms. The Balaban J connectivity index is 0.000000211. The number of phenolic OH excluding ortho intramolecular Hbond substituents is 2. The molecule has 0 saturated carbocycles. The van der Waals surface area contributed by atoms with Gasteiger partial charge in [0.1, 0.15) is 11.5 Å². The van der Waals surface area contributed by atoms with Crippen molar-refractivity contribution in [3.63, 3.8) is 0 Å². The number of hydrogen-bond acceptors (Lipinski definition) is 4. The van der Waals surface area contributed by atoms with Crippen molar-refractivity contribution in [3.8, 4) is 11.5 Å². The molecule has 0 aromatic heterocycles. The molecular formula is C36H30O4Zr.